The number of carbonyl (C=O) groups excluding carboxylic acids is 2. The third-order valence-electron chi connectivity index (χ3n) is 4.08. The van der Waals surface area contributed by atoms with Gasteiger partial charge < -0.3 is 15.3 Å². The van der Waals surface area contributed by atoms with E-state index in [1.807, 2.05) is 26.0 Å². The molecule has 6 nitrogen and oxygen atoms in total. The monoisotopic (exact) mass is 350 g/mol. The van der Waals surface area contributed by atoms with Crippen LogP contribution in [0.3, 0.4) is 0 Å². The lowest BCUT2D eigenvalue weighted by molar-refractivity contribution is -0.142. The Labute approximate surface area is 145 Å². The molecule has 2 rings (SSSR count). The number of hydrogen-bond acceptors (Lipinski definition) is 4. The lowest BCUT2D eigenvalue weighted by atomic mass is 9.99. The predicted octanol–water partition coefficient (Wildman–Crippen LogP) is 2.30. The van der Waals surface area contributed by atoms with Crippen LogP contribution in [0.1, 0.15) is 20.8 Å². The van der Waals surface area contributed by atoms with Crippen molar-refractivity contribution in [3.63, 3.8) is 0 Å². The third kappa shape index (κ3) is 4.50. The molecule has 1 aliphatic heterocycles. The SMILES string of the molecule is CC(=O)Nc1ccc(SC(C)C(=O)N2C[C@@H](C)[C@H](C(=O)O)C2)cc1. The maximum Gasteiger partial charge on any atom is 0.308 e. The van der Waals surface area contributed by atoms with Gasteiger partial charge in [-0.25, -0.2) is 0 Å². The molecule has 1 aliphatic rings. The van der Waals surface area contributed by atoms with Crippen LogP contribution in [0.15, 0.2) is 29.2 Å². The Morgan fingerprint density at radius 3 is 2.38 bits per heavy atom. The number of benzene rings is 1. The van der Waals surface area contributed by atoms with Gasteiger partial charge in [0.05, 0.1) is 11.2 Å². The standard InChI is InChI=1S/C17H22N2O4S/c1-10-8-19(9-15(10)17(22)23)16(21)11(2)24-14-6-4-13(5-7-14)18-12(3)20/h4-7,10-11,15H,8-9H2,1-3H3,(H,18,20)(H,22,23)/t10-,11?,15-/m1/s1. The molecule has 1 fully saturated rings. The number of nitrogens with one attached hydrogen (secondary N) is 1. The fourth-order valence-corrected chi connectivity index (χ4v) is 3.75. The summed E-state index contributed by atoms with van der Waals surface area (Å²) in [5.74, 6) is -1.52. The number of rotatable bonds is 5. The van der Waals surface area contributed by atoms with Crippen LogP contribution in [0.5, 0.6) is 0 Å². The minimum atomic E-state index is -0.841. The lowest BCUT2D eigenvalue weighted by Gasteiger charge is -2.20. The fraction of sp³-hybridized carbons (Fsp3) is 0.471. The van der Waals surface area contributed by atoms with Crippen molar-refractivity contribution in [1.29, 1.82) is 0 Å². The molecule has 2 amide bonds. The molecule has 3 atom stereocenters. The number of amides is 2. The van der Waals surface area contributed by atoms with Gasteiger partial charge in [-0.05, 0) is 37.1 Å². The van der Waals surface area contributed by atoms with Crippen LogP contribution in [0, 0.1) is 11.8 Å². The van der Waals surface area contributed by atoms with Crippen molar-refractivity contribution < 1.29 is 19.5 Å². The van der Waals surface area contributed by atoms with E-state index in [2.05, 4.69) is 5.32 Å². The Balaban J connectivity index is 1.94. The molecule has 7 heteroatoms. The maximum atomic E-state index is 12.5. The summed E-state index contributed by atoms with van der Waals surface area (Å²) in [6.45, 7) is 5.91. The number of aliphatic carboxylic acids is 1. The largest absolute Gasteiger partial charge is 0.481 e. The van der Waals surface area contributed by atoms with Crippen molar-refractivity contribution in [2.75, 3.05) is 18.4 Å². The Kier molecular flexibility index (Phi) is 5.88. The molecule has 1 saturated heterocycles. The van der Waals surface area contributed by atoms with E-state index in [-0.39, 0.29) is 29.5 Å². The second-order valence-corrected chi connectivity index (χ2v) is 7.55. The lowest BCUT2D eigenvalue weighted by Crippen LogP contribution is -2.35. The van der Waals surface area contributed by atoms with Crippen LogP contribution >= 0.6 is 11.8 Å². The molecule has 0 spiro atoms. The van der Waals surface area contributed by atoms with Crippen LogP contribution in [0.4, 0.5) is 5.69 Å². The summed E-state index contributed by atoms with van der Waals surface area (Å²) >= 11 is 1.43. The molecule has 0 saturated carbocycles. The highest BCUT2D eigenvalue weighted by Crippen LogP contribution is 2.29. The molecule has 2 N–H and O–H groups in total. The quantitative estimate of drug-likeness (QED) is 0.796. The zero-order chi connectivity index (χ0) is 17.9. The normalized spacial score (nSPS) is 21.4. The molecule has 1 aromatic rings. The summed E-state index contributed by atoms with van der Waals surface area (Å²) in [4.78, 5) is 37.3. The van der Waals surface area contributed by atoms with E-state index in [1.165, 1.54) is 18.7 Å². The summed E-state index contributed by atoms with van der Waals surface area (Å²) in [5, 5.41) is 11.6. The van der Waals surface area contributed by atoms with Gasteiger partial charge in [0.25, 0.3) is 0 Å². The van der Waals surface area contributed by atoms with Gasteiger partial charge in [0.15, 0.2) is 0 Å². The van der Waals surface area contributed by atoms with Gasteiger partial charge in [-0.3, -0.25) is 14.4 Å². The predicted molar refractivity (Wildman–Crippen MR) is 92.9 cm³/mol. The first-order chi connectivity index (χ1) is 11.3. The minimum absolute atomic E-state index is 0.0272. The maximum absolute atomic E-state index is 12.5. The number of carboxylic acids is 1. The number of carboxylic acid groups (broad SMARTS) is 1. The molecule has 0 aromatic heterocycles. The van der Waals surface area contributed by atoms with E-state index >= 15 is 0 Å². The third-order valence-corrected chi connectivity index (χ3v) is 5.18. The number of carbonyl (C=O) groups is 3. The first kappa shape index (κ1) is 18.3. The van der Waals surface area contributed by atoms with E-state index in [4.69, 9.17) is 0 Å². The highest BCUT2D eigenvalue weighted by Gasteiger charge is 2.38. The number of nitrogens with zero attached hydrogens (tertiary/aromatic N) is 1. The van der Waals surface area contributed by atoms with E-state index in [0.717, 1.165) is 4.90 Å². The Morgan fingerprint density at radius 1 is 1.25 bits per heavy atom. The summed E-state index contributed by atoms with van der Waals surface area (Å²) in [5.41, 5.74) is 0.712. The Bertz CT molecular complexity index is 632. The highest BCUT2D eigenvalue weighted by molar-refractivity contribution is 8.00. The van der Waals surface area contributed by atoms with Crippen LogP contribution < -0.4 is 5.32 Å². The zero-order valence-corrected chi connectivity index (χ0v) is 14.8. The van der Waals surface area contributed by atoms with E-state index < -0.39 is 11.9 Å². The summed E-state index contributed by atoms with van der Waals surface area (Å²) in [6.07, 6.45) is 0. The van der Waals surface area contributed by atoms with Crippen LogP contribution in [-0.2, 0) is 14.4 Å². The molecular weight excluding hydrogens is 328 g/mol. The Hall–Kier alpha value is -2.02. The van der Waals surface area contributed by atoms with Gasteiger partial charge in [0.2, 0.25) is 11.8 Å². The van der Waals surface area contributed by atoms with Crippen LogP contribution in [-0.4, -0.2) is 46.1 Å². The topological polar surface area (TPSA) is 86.7 Å². The zero-order valence-electron chi connectivity index (χ0n) is 14.0. The van der Waals surface area contributed by atoms with Crippen molar-refractivity contribution in [1.82, 2.24) is 4.90 Å². The van der Waals surface area contributed by atoms with Gasteiger partial charge in [0, 0.05) is 30.6 Å². The number of anilines is 1. The molecule has 24 heavy (non-hydrogen) atoms. The van der Waals surface area contributed by atoms with E-state index in [9.17, 15) is 19.5 Å². The van der Waals surface area contributed by atoms with Gasteiger partial charge >= 0.3 is 5.97 Å². The average Bonchev–Trinajstić information content (AvgIpc) is 2.90. The van der Waals surface area contributed by atoms with Crippen LogP contribution in [0.2, 0.25) is 0 Å². The van der Waals surface area contributed by atoms with E-state index in [1.54, 1.807) is 17.0 Å². The fourth-order valence-electron chi connectivity index (χ4n) is 2.80. The van der Waals surface area contributed by atoms with Crippen molar-refractivity contribution >= 4 is 35.2 Å². The molecule has 1 unspecified atom stereocenters. The minimum Gasteiger partial charge on any atom is -0.481 e. The van der Waals surface area contributed by atoms with Gasteiger partial charge in [-0.2, -0.15) is 0 Å². The first-order valence-electron chi connectivity index (χ1n) is 7.84. The molecular formula is C17H22N2O4S. The highest BCUT2D eigenvalue weighted by atomic mass is 32.2. The molecule has 0 radical (unpaired) electrons. The summed E-state index contributed by atoms with van der Waals surface area (Å²) in [6, 6.07) is 7.29. The van der Waals surface area contributed by atoms with Crippen molar-refractivity contribution in [2.24, 2.45) is 11.8 Å². The van der Waals surface area contributed by atoms with Gasteiger partial charge in [0.1, 0.15) is 0 Å². The smallest absolute Gasteiger partial charge is 0.308 e. The van der Waals surface area contributed by atoms with Crippen molar-refractivity contribution in [2.45, 2.75) is 30.9 Å². The molecule has 1 aromatic carbocycles. The summed E-state index contributed by atoms with van der Waals surface area (Å²) < 4.78 is 0. The van der Waals surface area contributed by atoms with Crippen molar-refractivity contribution in [3.8, 4) is 0 Å². The van der Waals surface area contributed by atoms with Gasteiger partial charge in [-0.1, -0.05) is 6.92 Å². The number of thioether (sulfide) groups is 1. The number of hydrogen-bond donors (Lipinski definition) is 2. The average molecular weight is 350 g/mol. The summed E-state index contributed by atoms with van der Waals surface area (Å²) in [7, 11) is 0. The van der Waals surface area contributed by atoms with Gasteiger partial charge in [-0.15, -0.1) is 11.8 Å². The van der Waals surface area contributed by atoms with Crippen molar-refractivity contribution in [3.05, 3.63) is 24.3 Å². The molecule has 0 bridgehead atoms. The van der Waals surface area contributed by atoms with Crippen LogP contribution in [0.25, 0.3) is 0 Å². The number of likely N-dealkylation sites (tertiary alicyclic amines) is 1. The molecule has 0 aliphatic carbocycles. The second kappa shape index (κ2) is 7.70. The van der Waals surface area contributed by atoms with E-state index in [0.29, 0.717) is 12.2 Å². The molecule has 130 valence electrons. The Morgan fingerprint density at radius 2 is 1.88 bits per heavy atom. The first-order valence-corrected chi connectivity index (χ1v) is 8.71. The molecule has 1 heterocycles. The second-order valence-electron chi connectivity index (χ2n) is 6.13.